The predicted octanol–water partition coefficient (Wildman–Crippen LogP) is 6.03. The zero-order valence-corrected chi connectivity index (χ0v) is 23.2. The van der Waals surface area contributed by atoms with Crippen LogP contribution in [0.3, 0.4) is 0 Å². The number of carbonyl (C=O) groups excluding carboxylic acids is 1. The van der Waals surface area contributed by atoms with Crippen LogP contribution in [0.15, 0.2) is 72.8 Å². The van der Waals surface area contributed by atoms with E-state index >= 15 is 0 Å². The van der Waals surface area contributed by atoms with Gasteiger partial charge in [0.15, 0.2) is 0 Å². The number of hydrogen-bond acceptors (Lipinski definition) is 9. The van der Waals surface area contributed by atoms with Gasteiger partial charge in [0.25, 0.3) is 0 Å². The Morgan fingerprint density at radius 1 is 0.914 bits per heavy atom. The lowest BCUT2D eigenvalue weighted by atomic mass is 10.2. The van der Waals surface area contributed by atoms with E-state index in [0.29, 0.717) is 11.4 Å². The number of hydrogen-bond donors (Lipinski definition) is 2. The number of carboxylic acids is 1. The Kier molecular flexibility index (Phi) is 8.16. The molecule has 1 fully saturated rings. The van der Waals surface area contributed by atoms with Gasteiger partial charge in [0.2, 0.25) is 6.79 Å². The maximum Gasteiger partial charge on any atom is 0.414 e. The molecule has 0 aliphatic carbocycles. The molecule has 0 aromatic heterocycles. The monoisotopic (exact) mass is 583 g/mol. The van der Waals surface area contributed by atoms with Crippen LogP contribution in [-0.2, 0) is 28.4 Å². The summed E-state index contributed by atoms with van der Waals surface area (Å²) in [5, 5.41) is 13.7. The minimum atomic E-state index is -1.87. The Bertz CT molecular complexity index is 1340. The van der Waals surface area contributed by atoms with Gasteiger partial charge in [0, 0.05) is 16.3 Å². The molecule has 0 unspecified atom stereocenters. The van der Waals surface area contributed by atoms with Crippen LogP contribution >= 0.6 is 30.9 Å². The molecule has 1 heterocycles. The van der Waals surface area contributed by atoms with E-state index in [1.807, 2.05) is 36.4 Å². The molecule has 1 amide bonds. The number of aromatic carboxylic acids is 1. The van der Waals surface area contributed by atoms with Gasteiger partial charge in [0.05, 0.1) is 21.6 Å². The summed E-state index contributed by atoms with van der Waals surface area (Å²) in [4.78, 5) is 23.0. The molecule has 7 nitrogen and oxygen atoms in total. The van der Waals surface area contributed by atoms with Crippen molar-refractivity contribution >= 4 is 82.9 Å². The van der Waals surface area contributed by atoms with Crippen molar-refractivity contribution in [3.63, 3.8) is 0 Å². The Balaban J connectivity index is 1.28. The molecule has 1 aliphatic heterocycles. The molecule has 4 rings (SSSR count). The largest absolute Gasteiger partial charge is 0.497 e. The third-order valence-corrected chi connectivity index (χ3v) is 36.0. The zero-order valence-electron chi connectivity index (χ0n) is 18.2. The number of rotatable bonds is 8. The molecular formula is C22H19NO6P2S4. The summed E-state index contributed by atoms with van der Waals surface area (Å²) in [5.74, 6) is 0.243. The number of carbonyl (C=O) groups is 2. The third kappa shape index (κ3) is 6.23. The Morgan fingerprint density at radius 3 is 2.03 bits per heavy atom. The first kappa shape index (κ1) is 26.1. The van der Waals surface area contributed by atoms with E-state index < -0.39 is 20.9 Å². The van der Waals surface area contributed by atoms with Crippen molar-refractivity contribution in [3.05, 3.63) is 78.4 Å². The van der Waals surface area contributed by atoms with Gasteiger partial charge >= 0.3 is 12.1 Å². The van der Waals surface area contributed by atoms with E-state index in [2.05, 4.69) is 5.32 Å². The van der Waals surface area contributed by atoms with Crippen LogP contribution < -0.4 is 25.4 Å². The summed E-state index contributed by atoms with van der Waals surface area (Å²) in [6.45, 7) is -0.306. The van der Waals surface area contributed by atoms with Crippen molar-refractivity contribution in [1.29, 1.82) is 0 Å². The molecular weight excluding hydrogens is 564 g/mol. The maximum absolute atomic E-state index is 11.9. The minimum absolute atomic E-state index is 0.0590. The van der Waals surface area contributed by atoms with E-state index in [0.717, 1.165) is 16.4 Å². The topological polar surface area (TPSA) is 94.1 Å². The average Bonchev–Trinajstić information content (AvgIpc) is 2.83. The highest BCUT2D eigenvalue weighted by Crippen LogP contribution is 3.04. The molecule has 3 aromatic carbocycles. The molecule has 13 heteroatoms. The van der Waals surface area contributed by atoms with Crippen molar-refractivity contribution in [2.75, 3.05) is 19.2 Å². The highest BCUT2D eigenvalue weighted by molar-refractivity contribution is 9.48. The second-order valence-electron chi connectivity index (χ2n) is 7.06. The normalized spacial score (nSPS) is 20.8. The predicted molar refractivity (Wildman–Crippen MR) is 151 cm³/mol. The van der Waals surface area contributed by atoms with E-state index in [9.17, 15) is 9.59 Å². The third-order valence-electron chi connectivity index (χ3n) is 4.74. The summed E-state index contributed by atoms with van der Waals surface area (Å²) in [7, 11) is 1.64. The summed E-state index contributed by atoms with van der Waals surface area (Å²) in [6.07, 6.45) is -0.758. The highest BCUT2D eigenvalue weighted by Gasteiger charge is 2.45. The smallest absolute Gasteiger partial charge is 0.414 e. The molecule has 0 radical (unpaired) electrons. The SMILES string of the molecule is COc1ccc(P2(=S)SP(=S)(c3ccc(OCOC(=O)Nc4cccc(C(=O)O)c4)cc3)S2)cc1. The average molecular weight is 584 g/mol. The lowest BCUT2D eigenvalue weighted by Crippen LogP contribution is -2.17. The maximum atomic E-state index is 11.9. The van der Waals surface area contributed by atoms with Gasteiger partial charge in [0.1, 0.15) is 11.5 Å². The fraction of sp³-hybridized carbons (Fsp3) is 0.0909. The van der Waals surface area contributed by atoms with Crippen molar-refractivity contribution in [1.82, 2.24) is 0 Å². The van der Waals surface area contributed by atoms with Gasteiger partial charge < -0.3 is 19.3 Å². The number of ether oxygens (including phenoxy) is 3. The molecule has 1 aliphatic rings. The van der Waals surface area contributed by atoms with Crippen LogP contribution in [0.4, 0.5) is 10.5 Å². The molecule has 1 saturated heterocycles. The van der Waals surface area contributed by atoms with Crippen LogP contribution in [0.1, 0.15) is 10.4 Å². The number of methoxy groups -OCH3 is 1. The number of nitrogens with one attached hydrogen (secondary N) is 1. The van der Waals surface area contributed by atoms with Gasteiger partial charge in [-0.3, -0.25) is 5.32 Å². The molecule has 0 atom stereocenters. The van der Waals surface area contributed by atoms with E-state index in [1.54, 1.807) is 47.3 Å². The number of benzene rings is 3. The van der Waals surface area contributed by atoms with E-state index in [1.165, 1.54) is 18.2 Å². The summed E-state index contributed by atoms with van der Waals surface area (Å²) < 4.78 is 12.0. The van der Waals surface area contributed by atoms with Gasteiger partial charge in [-0.15, -0.1) is 0 Å². The summed E-state index contributed by atoms with van der Waals surface area (Å²) >= 11 is 15.4. The Morgan fingerprint density at radius 2 is 1.49 bits per heavy atom. The van der Waals surface area contributed by atoms with Crippen LogP contribution in [-0.4, -0.2) is 31.1 Å². The molecule has 182 valence electrons. The van der Waals surface area contributed by atoms with E-state index in [4.69, 9.17) is 42.9 Å². The molecule has 0 saturated carbocycles. The fourth-order valence-corrected chi connectivity index (χ4v) is 45.3. The molecule has 0 spiro atoms. The molecule has 2 N–H and O–H groups in total. The second kappa shape index (κ2) is 10.9. The van der Waals surface area contributed by atoms with Gasteiger partial charge in [-0.1, -0.05) is 51.7 Å². The van der Waals surface area contributed by atoms with Crippen LogP contribution in [0.25, 0.3) is 0 Å². The lowest BCUT2D eigenvalue weighted by Gasteiger charge is -2.40. The van der Waals surface area contributed by atoms with Crippen molar-refractivity contribution < 1.29 is 28.9 Å². The fourth-order valence-electron chi connectivity index (χ4n) is 3.00. The van der Waals surface area contributed by atoms with Crippen molar-refractivity contribution in [2.45, 2.75) is 0 Å². The number of carboxylic acid groups (broad SMARTS) is 1. The summed E-state index contributed by atoms with van der Waals surface area (Å²) in [6, 6.07) is 21.2. The molecule has 35 heavy (non-hydrogen) atoms. The van der Waals surface area contributed by atoms with Crippen molar-refractivity contribution in [2.24, 2.45) is 0 Å². The highest BCUT2D eigenvalue weighted by atomic mass is 33.7. The molecule has 0 bridgehead atoms. The van der Waals surface area contributed by atoms with Crippen molar-refractivity contribution in [3.8, 4) is 11.5 Å². The first-order valence-electron chi connectivity index (χ1n) is 9.99. The summed E-state index contributed by atoms with van der Waals surface area (Å²) in [5.41, 5.74) is 0.369. The van der Waals surface area contributed by atoms with Crippen LogP contribution in [0.5, 0.6) is 11.5 Å². The standard InChI is InChI=1S/C22H19NO6P2S4/c1-27-17-5-9-19(10-6-17)30(32)34-31(33,35-30)20-11-7-18(8-12-20)28-14-29-22(26)23-16-4-2-3-15(13-16)21(24)25/h2-13H,14H2,1H3,(H,23,26)(H,24,25). The minimum Gasteiger partial charge on any atom is -0.497 e. The Labute approximate surface area is 219 Å². The lowest BCUT2D eigenvalue weighted by molar-refractivity contribution is 0.0679. The van der Waals surface area contributed by atoms with Crippen LogP contribution in [0.2, 0.25) is 0 Å². The van der Waals surface area contributed by atoms with Gasteiger partial charge in [-0.05, 0) is 66.7 Å². The number of amides is 1. The first-order valence-corrected chi connectivity index (χ1v) is 19.6. The Hall–Kier alpha value is -2.00. The quantitative estimate of drug-likeness (QED) is 0.242. The van der Waals surface area contributed by atoms with Gasteiger partial charge in [-0.2, -0.15) is 0 Å². The van der Waals surface area contributed by atoms with Crippen LogP contribution in [0, 0.1) is 0 Å². The first-order chi connectivity index (χ1) is 16.7. The zero-order chi connectivity index (χ0) is 25.1. The molecule has 3 aromatic rings. The second-order valence-corrected chi connectivity index (χ2v) is 28.3. The van der Waals surface area contributed by atoms with E-state index in [-0.39, 0.29) is 12.4 Å². The van der Waals surface area contributed by atoms with Gasteiger partial charge in [-0.25, -0.2) is 9.59 Å². The number of anilines is 1.